The van der Waals surface area contributed by atoms with Gasteiger partial charge in [-0.15, -0.1) is 0 Å². The van der Waals surface area contributed by atoms with Crippen LogP contribution in [0.2, 0.25) is 0 Å². The Morgan fingerprint density at radius 1 is 1.19 bits per heavy atom. The van der Waals surface area contributed by atoms with Crippen molar-refractivity contribution in [2.24, 2.45) is 11.7 Å². The largest absolute Gasteiger partial charge is 0.508 e. The fourth-order valence-corrected chi connectivity index (χ4v) is 4.24. The number of carbonyl (C=O) groups is 2. The predicted octanol–water partition coefficient (Wildman–Crippen LogP) is 1.16. The maximum Gasteiger partial charge on any atom is 0.273 e. The van der Waals surface area contributed by atoms with Crippen LogP contribution in [0.15, 0.2) is 34.9 Å². The van der Waals surface area contributed by atoms with Crippen molar-refractivity contribution in [3.05, 3.63) is 47.3 Å². The first-order chi connectivity index (χ1) is 15.4. The van der Waals surface area contributed by atoms with Crippen molar-refractivity contribution >= 4 is 11.8 Å². The average Bonchev–Trinajstić information content (AvgIpc) is 3.54. The molecule has 0 radical (unpaired) electrons. The highest BCUT2D eigenvalue weighted by molar-refractivity contribution is 5.92. The van der Waals surface area contributed by atoms with Crippen LogP contribution in [-0.4, -0.2) is 63.9 Å². The lowest BCUT2D eigenvalue weighted by atomic mass is 9.89. The molecule has 2 fully saturated rings. The minimum Gasteiger partial charge on any atom is -0.508 e. The van der Waals surface area contributed by atoms with Gasteiger partial charge < -0.3 is 30.7 Å². The molecule has 2 heterocycles. The number of carbonyl (C=O) groups excluding carboxylic acids is 2. The third-order valence-corrected chi connectivity index (χ3v) is 6.38. The highest BCUT2D eigenvalue weighted by atomic mass is 16.5. The molecule has 0 bridgehead atoms. The SMILES string of the molecule is N[C@@H](Cc1ccc(O)cc1)C(=O)N1CCC(C(CO)NC(=O)c2cc(C3CC3)on2)CC1. The molecule has 0 spiro atoms. The van der Waals surface area contributed by atoms with E-state index >= 15 is 0 Å². The normalized spacial score (nSPS) is 18.9. The van der Waals surface area contributed by atoms with Gasteiger partial charge in [0.25, 0.3) is 5.91 Å². The van der Waals surface area contributed by atoms with Crippen molar-refractivity contribution in [1.29, 1.82) is 0 Å². The zero-order valence-electron chi connectivity index (χ0n) is 17.9. The lowest BCUT2D eigenvalue weighted by Gasteiger charge is -2.36. The minimum atomic E-state index is -0.655. The summed E-state index contributed by atoms with van der Waals surface area (Å²) in [5.74, 6) is 0.876. The molecule has 2 aliphatic rings. The first kappa shape index (κ1) is 22.3. The van der Waals surface area contributed by atoms with Crippen molar-refractivity contribution in [3.8, 4) is 5.75 Å². The Kier molecular flexibility index (Phi) is 6.76. The molecule has 1 saturated heterocycles. The summed E-state index contributed by atoms with van der Waals surface area (Å²) in [4.78, 5) is 27.0. The van der Waals surface area contributed by atoms with E-state index in [1.807, 2.05) is 0 Å². The van der Waals surface area contributed by atoms with Gasteiger partial charge in [0.05, 0.1) is 18.7 Å². The van der Waals surface area contributed by atoms with Crippen molar-refractivity contribution in [3.63, 3.8) is 0 Å². The van der Waals surface area contributed by atoms with Gasteiger partial charge in [0.15, 0.2) is 5.69 Å². The molecule has 9 nitrogen and oxygen atoms in total. The van der Waals surface area contributed by atoms with Gasteiger partial charge in [-0.05, 0) is 55.7 Å². The first-order valence-corrected chi connectivity index (χ1v) is 11.1. The molecule has 4 rings (SSSR count). The monoisotopic (exact) mass is 442 g/mol. The van der Waals surface area contributed by atoms with E-state index in [9.17, 15) is 19.8 Å². The van der Waals surface area contributed by atoms with Gasteiger partial charge in [-0.1, -0.05) is 17.3 Å². The fraction of sp³-hybridized carbons (Fsp3) is 0.522. The third kappa shape index (κ3) is 5.28. The van der Waals surface area contributed by atoms with E-state index in [1.165, 1.54) is 0 Å². The Labute approximate surface area is 186 Å². The Morgan fingerprint density at radius 2 is 1.88 bits per heavy atom. The Hall–Kier alpha value is -2.91. The number of nitrogens with one attached hydrogen (secondary N) is 1. The van der Waals surface area contributed by atoms with Crippen molar-refractivity contribution in [2.75, 3.05) is 19.7 Å². The molecule has 1 unspecified atom stereocenters. The third-order valence-electron chi connectivity index (χ3n) is 6.38. The molecule has 2 atom stereocenters. The maximum atomic E-state index is 12.8. The molecule has 1 aliphatic heterocycles. The van der Waals surface area contributed by atoms with Crippen molar-refractivity contribution in [1.82, 2.24) is 15.4 Å². The number of aliphatic hydroxyl groups excluding tert-OH is 1. The zero-order chi connectivity index (χ0) is 22.7. The molecule has 32 heavy (non-hydrogen) atoms. The molecule has 5 N–H and O–H groups in total. The zero-order valence-corrected chi connectivity index (χ0v) is 17.9. The Balaban J connectivity index is 1.26. The number of nitrogens with zero attached hydrogens (tertiary/aromatic N) is 2. The van der Waals surface area contributed by atoms with E-state index in [4.69, 9.17) is 10.3 Å². The van der Waals surface area contributed by atoms with Gasteiger partial charge in [0.2, 0.25) is 5.91 Å². The van der Waals surface area contributed by atoms with Crippen LogP contribution in [0.25, 0.3) is 0 Å². The summed E-state index contributed by atoms with van der Waals surface area (Å²) in [7, 11) is 0. The summed E-state index contributed by atoms with van der Waals surface area (Å²) in [5, 5.41) is 26.0. The summed E-state index contributed by atoms with van der Waals surface area (Å²) in [6.45, 7) is 0.863. The molecule has 1 aliphatic carbocycles. The van der Waals surface area contributed by atoms with E-state index in [0.717, 1.165) is 24.2 Å². The van der Waals surface area contributed by atoms with E-state index < -0.39 is 12.1 Å². The molecule has 2 aromatic rings. The number of likely N-dealkylation sites (tertiary alicyclic amines) is 1. The first-order valence-electron chi connectivity index (χ1n) is 11.1. The van der Waals surface area contributed by atoms with Gasteiger partial charge in [-0.25, -0.2) is 0 Å². The van der Waals surface area contributed by atoms with Crippen LogP contribution in [-0.2, 0) is 11.2 Å². The molecule has 2 amide bonds. The molecule has 1 aromatic carbocycles. The van der Waals surface area contributed by atoms with Crippen LogP contribution < -0.4 is 11.1 Å². The van der Waals surface area contributed by atoms with Crippen LogP contribution in [0.1, 0.15) is 53.4 Å². The lowest BCUT2D eigenvalue weighted by Crippen LogP contribution is -2.51. The molecular formula is C23H30N4O5. The Bertz CT molecular complexity index is 932. The van der Waals surface area contributed by atoms with E-state index in [2.05, 4.69) is 10.5 Å². The highest BCUT2D eigenvalue weighted by Crippen LogP contribution is 2.40. The maximum absolute atomic E-state index is 12.8. The molecule has 9 heteroatoms. The van der Waals surface area contributed by atoms with Crippen LogP contribution in [0.5, 0.6) is 5.75 Å². The number of aliphatic hydroxyl groups is 1. The van der Waals surface area contributed by atoms with Gasteiger partial charge in [0, 0.05) is 25.1 Å². The van der Waals surface area contributed by atoms with Gasteiger partial charge in [-0.2, -0.15) is 0 Å². The minimum absolute atomic E-state index is 0.0520. The molecule has 1 aromatic heterocycles. The number of phenols is 1. The predicted molar refractivity (Wildman–Crippen MR) is 116 cm³/mol. The van der Waals surface area contributed by atoms with Gasteiger partial charge in [-0.3, -0.25) is 9.59 Å². The topological polar surface area (TPSA) is 142 Å². The Morgan fingerprint density at radius 3 is 2.50 bits per heavy atom. The van der Waals surface area contributed by atoms with Crippen LogP contribution >= 0.6 is 0 Å². The van der Waals surface area contributed by atoms with Crippen molar-refractivity contribution < 1.29 is 24.3 Å². The van der Waals surface area contributed by atoms with Crippen LogP contribution in [0.3, 0.4) is 0 Å². The van der Waals surface area contributed by atoms with Crippen molar-refractivity contribution in [2.45, 2.75) is 50.1 Å². The van der Waals surface area contributed by atoms with Crippen LogP contribution in [0, 0.1) is 5.92 Å². The smallest absolute Gasteiger partial charge is 0.273 e. The number of piperidine rings is 1. The second-order valence-corrected chi connectivity index (χ2v) is 8.79. The number of hydrogen-bond acceptors (Lipinski definition) is 7. The summed E-state index contributed by atoms with van der Waals surface area (Å²) in [6.07, 6.45) is 3.84. The lowest BCUT2D eigenvalue weighted by molar-refractivity contribution is -0.134. The second kappa shape index (κ2) is 9.70. The quantitative estimate of drug-likeness (QED) is 0.480. The molecule has 1 saturated carbocycles. The fourth-order valence-electron chi connectivity index (χ4n) is 4.24. The standard InChI is InChI=1S/C23H30N4O5/c24-18(11-14-1-5-17(29)6-2-14)23(31)27-9-7-15(8-10-27)20(13-28)25-22(30)19-12-21(32-26-19)16-3-4-16/h1-2,5-6,12,15-16,18,20,28-29H,3-4,7-11,13,24H2,(H,25,30)/t18-,20?/m0/s1. The van der Waals surface area contributed by atoms with E-state index in [1.54, 1.807) is 35.2 Å². The van der Waals surface area contributed by atoms with E-state index in [0.29, 0.717) is 38.3 Å². The number of aromatic hydroxyl groups is 1. The summed E-state index contributed by atoms with van der Waals surface area (Å²) < 4.78 is 5.24. The number of amides is 2. The molecular weight excluding hydrogens is 412 g/mol. The summed E-state index contributed by atoms with van der Waals surface area (Å²) in [5.41, 5.74) is 7.25. The molecule has 172 valence electrons. The number of benzene rings is 1. The number of phenolic OH excluding ortho intramolecular Hbond substituents is 1. The van der Waals surface area contributed by atoms with Gasteiger partial charge >= 0.3 is 0 Å². The highest BCUT2D eigenvalue weighted by Gasteiger charge is 2.32. The second-order valence-electron chi connectivity index (χ2n) is 8.79. The summed E-state index contributed by atoms with van der Waals surface area (Å²) in [6, 6.07) is 7.28. The number of nitrogens with two attached hydrogens (primary N) is 1. The number of aromatic nitrogens is 1. The van der Waals surface area contributed by atoms with Crippen LogP contribution in [0.4, 0.5) is 0 Å². The number of hydrogen-bond donors (Lipinski definition) is 4. The van der Waals surface area contributed by atoms with Gasteiger partial charge in [0.1, 0.15) is 11.5 Å². The number of rotatable bonds is 8. The van der Waals surface area contributed by atoms with E-state index in [-0.39, 0.29) is 35.8 Å². The average molecular weight is 443 g/mol. The summed E-state index contributed by atoms with van der Waals surface area (Å²) >= 11 is 0.